The highest BCUT2D eigenvalue weighted by Gasteiger charge is 2.22. The molecule has 0 radical (unpaired) electrons. The fraction of sp³-hybridized carbons (Fsp3) is 0.385. The number of carbonyl (C=O) groups excluding carboxylic acids is 1. The number of pyridine rings is 1. The van der Waals surface area contributed by atoms with Gasteiger partial charge in [0.2, 0.25) is 0 Å². The number of rotatable bonds is 2. The van der Waals surface area contributed by atoms with Crippen molar-refractivity contribution in [1.82, 2.24) is 14.9 Å². The molecule has 1 N–H and O–H groups in total. The second kappa shape index (κ2) is 4.61. The maximum atomic E-state index is 12.1. The standard InChI is InChI=1S/C13H14ClN3O/c14-11-10-7-3-4-8-17(10)16-12(11)13(18)15-9-5-1-2-6-9/h3-4,7-9H,1-2,5-6H2,(H,15,18). The van der Waals surface area contributed by atoms with Gasteiger partial charge in [0, 0.05) is 12.2 Å². The Labute approximate surface area is 110 Å². The molecule has 2 heterocycles. The lowest BCUT2D eigenvalue weighted by atomic mass is 10.2. The fourth-order valence-corrected chi connectivity index (χ4v) is 2.71. The number of aromatic nitrogens is 2. The fourth-order valence-electron chi connectivity index (χ4n) is 2.44. The largest absolute Gasteiger partial charge is 0.348 e. The van der Waals surface area contributed by atoms with Crippen LogP contribution < -0.4 is 5.32 Å². The van der Waals surface area contributed by atoms with E-state index in [9.17, 15) is 4.79 Å². The molecule has 0 atom stereocenters. The highest BCUT2D eigenvalue weighted by Crippen LogP contribution is 2.23. The van der Waals surface area contributed by atoms with Gasteiger partial charge < -0.3 is 5.32 Å². The maximum absolute atomic E-state index is 12.1. The van der Waals surface area contributed by atoms with Crippen molar-refractivity contribution in [3.05, 3.63) is 35.1 Å². The Morgan fingerprint density at radius 2 is 2.17 bits per heavy atom. The number of amides is 1. The molecule has 0 aliphatic heterocycles. The number of halogens is 1. The molecule has 1 saturated carbocycles. The van der Waals surface area contributed by atoms with E-state index in [1.807, 2.05) is 18.2 Å². The molecule has 18 heavy (non-hydrogen) atoms. The van der Waals surface area contributed by atoms with Gasteiger partial charge in [0.15, 0.2) is 5.69 Å². The van der Waals surface area contributed by atoms with E-state index < -0.39 is 0 Å². The molecule has 2 aromatic rings. The maximum Gasteiger partial charge on any atom is 0.273 e. The van der Waals surface area contributed by atoms with Crippen molar-refractivity contribution >= 4 is 23.0 Å². The van der Waals surface area contributed by atoms with Crippen molar-refractivity contribution < 1.29 is 4.79 Å². The van der Waals surface area contributed by atoms with Gasteiger partial charge in [0.1, 0.15) is 0 Å². The Bertz CT molecular complexity index is 587. The average molecular weight is 264 g/mol. The first-order chi connectivity index (χ1) is 8.75. The molecule has 3 rings (SSSR count). The quantitative estimate of drug-likeness (QED) is 0.905. The van der Waals surface area contributed by atoms with Crippen molar-refractivity contribution in [2.45, 2.75) is 31.7 Å². The molecule has 0 unspecified atom stereocenters. The van der Waals surface area contributed by atoms with Gasteiger partial charge in [-0.2, -0.15) is 5.10 Å². The van der Waals surface area contributed by atoms with Crippen molar-refractivity contribution in [2.75, 3.05) is 0 Å². The van der Waals surface area contributed by atoms with Crippen LogP contribution in [0.5, 0.6) is 0 Å². The summed E-state index contributed by atoms with van der Waals surface area (Å²) in [6, 6.07) is 5.86. The Balaban J connectivity index is 1.88. The van der Waals surface area contributed by atoms with Crippen molar-refractivity contribution in [1.29, 1.82) is 0 Å². The van der Waals surface area contributed by atoms with E-state index in [4.69, 9.17) is 11.6 Å². The molecular weight excluding hydrogens is 250 g/mol. The Morgan fingerprint density at radius 1 is 1.39 bits per heavy atom. The lowest BCUT2D eigenvalue weighted by Gasteiger charge is -2.10. The van der Waals surface area contributed by atoms with Gasteiger partial charge in [-0.05, 0) is 25.0 Å². The summed E-state index contributed by atoms with van der Waals surface area (Å²) < 4.78 is 1.63. The Kier molecular flexibility index (Phi) is 2.96. The van der Waals surface area contributed by atoms with Crippen LogP contribution in [0.3, 0.4) is 0 Å². The SMILES string of the molecule is O=C(NC1CCCC1)c1nn2ccccc2c1Cl. The van der Waals surface area contributed by atoms with Gasteiger partial charge >= 0.3 is 0 Å². The van der Waals surface area contributed by atoms with Crippen LogP contribution in [0.15, 0.2) is 24.4 Å². The zero-order valence-corrected chi connectivity index (χ0v) is 10.7. The van der Waals surface area contributed by atoms with Crippen LogP contribution >= 0.6 is 11.6 Å². The zero-order chi connectivity index (χ0) is 12.5. The number of nitrogens with one attached hydrogen (secondary N) is 1. The van der Waals surface area contributed by atoms with E-state index in [0.717, 1.165) is 18.4 Å². The second-order valence-corrected chi connectivity index (χ2v) is 5.03. The first kappa shape index (κ1) is 11.5. The van der Waals surface area contributed by atoms with Gasteiger partial charge in [-0.1, -0.05) is 30.5 Å². The summed E-state index contributed by atoms with van der Waals surface area (Å²) in [5.41, 5.74) is 1.07. The van der Waals surface area contributed by atoms with Crippen LogP contribution in [0, 0.1) is 0 Å². The lowest BCUT2D eigenvalue weighted by Crippen LogP contribution is -2.33. The smallest absolute Gasteiger partial charge is 0.273 e. The molecule has 1 fully saturated rings. The van der Waals surface area contributed by atoms with Gasteiger partial charge in [-0.15, -0.1) is 0 Å². The molecule has 4 nitrogen and oxygen atoms in total. The minimum Gasteiger partial charge on any atom is -0.348 e. The molecule has 1 amide bonds. The number of carbonyl (C=O) groups is 1. The second-order valence-electron chi connectivity index (χ2n) is 4.65. The summed E-state index contributed by atoms with van der Waals surface area (Å²) in [5, 5.41) is 7.65. The minimum absolute atomic E-state index is 0.171. The first-order valence-electron chi connectivity index (χ1n) is 6.19. The van der Waals surface area contributed by atoms with Crippen LogP contribution in [0.1, 0.15) is 36.2 Å². The third-order valence-corrected chi connectivity index (χ3v) is 3.76. The molecule has 0 aromatic carbocycles. The molecule has 5 heteroatoms. The Morgan fingerprint density at radius 3 is 2.89 bits per heavy atom. The van der Waals surface area contributed by atoms with Crippen LogP contribution in [-0.2, 0) is 0 Å². The van der Waals surface area contributed by atoms with Gasteiger partial charge in [-0.25, -0.2) is 4.52 Å². The van der Waals surface area contributed by atoms with Gasteiger partial charge in [-0.3, -0.25) is 4.79 Å². The molecule has 94 valence electrons. The molecule has 0 spiro atoms. The molecule has 1 aliphatic carbocycles. The predicted octanol–water partition coefficient (Wildman–Crippen LogP) is 2.66. The van der Waals surface area contributed by atoms with Crippen molar-refractivity contribution in [2.24, 2.45) is 0 Å². The third kappa shape index (κ3) is 1.97. The molecule has 0 bridgehead atoms. The Hall–Kier alpha value is -1.55. The van der Waals surface area contributed by atoms with Crippen LogP contribution in [0.2, 0.25) is 5.02 Å². The number of hydrogen-bond acceptors (Lipinski definition) is 2. The summed E-state index contributed by atoms with van der Waals surface area (Å²) in [6.45, 7) is 0. The average Bonchev–Trinajstić information content (AvgIpc) is 2.98. The number of nitrogens with zero attached hydrogens (tertiary/aromatic N) is 2. The van der Waals surface area contributed by atoms with E-state index in [1.165, 1.54) is 12.8 Å². The van der Waals surface area contributed by atoms with Crippen LogP contribution in [-0.4, -0.2) is 21.6 Å². The minimum atomic E-state index is -0.171. The molecular formula is C13H14ClN3O. The molecule has 0 saturated heterocycles. The highest BCUT2D eigenvalue weighted by atomic mass is 35.5. The van der Waals surface area contributed by atoms with Crippen molar-refractivity contribution in [3.8, 4) is 0 Å². The summed E-state index contributed by atoms with van der Waals surface area (Å²) >= 11 is 6.19. The van der Waals surface area contributed by atoms with Gasteiger partial charge in [0.25, 0.3) is 5.91 Å². The van der Waals surface area contributed by atoms with E-state index in [0.29, 0.717) is 10.7 Å². The van der Waals surface area contributed by atoms with Crippen LogP contribution in [0.25, 0.3) is 5.52 Å². The lowest BCUT2D eigenvalue weighted by molar-refractivity contribution is 0.0932. The third-order valence-electron chi connectivity index (χ3n) is 3.39. The van der Waals surface area contributed by atoms with E-state index in [1.54, 1.807) is 10.7 Å². The van der Waals surface area contributed by atoms with E-state index in [2.05, 4.69) is 10.4 Å². The summed E-state index contributed by atoms with van der Waals surface area (Å²) in [5.74, 6) is -0.171. The first-order valence-corrected chi connectivity index (χ1v) is 6.57. The van der Waals surface area contributed by atoms with Crippen molar-refractivity contribution in [3.63, 3.8) is 0 Å². The number of fused-ring (bicyclic) bond motifs is 1. The van der Waals surface area contributed by atoms with Crippen LogP contribution in [0.4, 0.5) is 0 Å². The topological polar surface area (TPSA) is 46.4 Å². The summed E-state index contributed by atoms with van der Waals surface area (Å²) in [7, 11) is 0. The van der Waals surface area contributed by atoms with Gasteiger partial charge in [0.05, 0.1) is 10.5 Å². The molecule has 2 aromatic heterocycles. The van der Waals surface area contributed by atoms with E-state index in [-0.39, 0.29) is 11.9 Å². The molecule has 1 aliphatic rings. The normalized spacial score (nSPS) is 16.3. The zero-order valence-electron chi connectivity index (χ0n) is 9.90. The summed E-state index contributed by atoms with van der Waals surface area (Å²) in [4.78, 5) is 12.1. The highest BCUT2D eigenvalue weighted by molar-refractivity contribution is 6.36. The predicted molar refractivity (Wildman–Crippen MR) is 69.9 cm³/mol. The summed E-state index contributed by atoms with van der Waals surface area (Å²) in [6.07, 6.45) is 6.26. The number of hydrogen-bond donors (Lipinski definition) is 1. The monoisotopic (exact) mass is 263 g/mol. The van der Waals surface area contributed by atoms with E-state index >= 15 is 0 Å².